The summed E-state index contributed by atoms with van der Waals surface area (Å²) in [5.41, 5.74) is 0. The number of aliphatic hydroxyl groups excluding tert-OH is 1. The third-order valence-electron chi connectivity index (χ3n) is 3.10. The molecule has 3 heteroatoms. The molecule has 0 spiro atoms. The van der Waals surface area contributed by atoms with Gasteiger partial charge in [0.2, 0.25) is 0 Å². The zero-order chi connectivity index (χ0) is 12.8. The molecule has 0 aromatic rings. The number of rotatable bonds is 5. The molecule has 0 aliphatic rings. The second-order valence-electron chi connectivity index (χ2n) is 5.49. The number of allylic oxidation sites excluding steroid dienone is 1. The Morgan fingerprint density at radius 2 is 2.00 bits per heavy atom. The van der Waals surface area contributed by atoms with Crippen LogP contribution in [0.25, 0.3) is 0 Å². The Hall–Kier alpha value is -0.563. The molecular formula is C13H24O2Si. The highest BCUT2D eigenvalue weighted by Crippen LogP contribution is 2.36. The minimum Gasteiger partial charge on any atom is -0.417 e. The van der Waals surface area contributed by atoms with Crippen LogP contribution in [0.1, 0.15) is 27.2 Å². The van der Waals surface area contributed by atoms with Crippen molar-refractivity contribution in [3.05, 3.63) is 12.2 Å². The molecule has 0 saturated carbocycles. The highest BCUT2D eigenvalue weighted by Gasteiger charge is 2.36. The van der Waals surface area contributed by atoms with Crippen LogP contribution in [0.2, 0.25) is 18.1 Å². The minimum absolute atomic E-state index is 0.215. The summed E-state index contributed by atoms with van der Waals surface area (Å²) in [6.45, 7) is 11.6. The molecule has 0 aliphatic heterocycles. The molecule has 1 N–H and O–H groups in total. The summed E-state index contributed by atoms with van der Waals surface area (Å²) in [6, 6.07) is 0. The van der Waals surface area contributed by atoms with E-state index in [1.165, 1.54) is 6.08 Å². The fourth-order valence-electron chi connectivity index (χ4n) is 0.914. The molecule has 0 fully saturated rings. The third kappa shape index (κ3) is 5.50. The van der Waals surface area contributed by atoms with Crippen LogP contribution < -0.4 is 0 Å². The molecule has 0 rings (SSSR count). The van der Waals surface area contributed by atoms with Gasteiger partial charge in [0.1, 0.15) is 0 Å². The van der Waals surface area contributed by atoms with Crippen LogP contribution in [0.3, 0.4) is 0 Å². The highest BCUT2D eigenvalue weighted by atomic mass is 28.4. The molecule has 16 heavy (non-hydrogen) atoms. The van der Waals surface area contributed by atoms with Gasteiger partial charge < -0.3 is 9.53 Å². The molecule has 0 aromatic carbocycles. The number of terminal acetylenes is 1. The summed E-state index contributed by atoms with van der Waals surface area (Å²) >= 11 is 0. The standard InChI is InChI=1S/C13H24O2Si/c1-7-8-9-12(14)10-11-15-16(5,6)13(2,3)4/h1,8-9,12,14H,10-11H2,2-6H3/b9-8-/t12-/m1/s1. The van der Waals surface area contributed by atoms with E-state index in [4.69, 9.17) is 10.8 Å². The van der Waals surface area contributed by atoms with Crippen molar-refractivity contribution in [2.24, 2.45) is 0 Å². The first kappa shape index (κ1) is 15.4. The van der Waals surface area contributed by atoms with Crippen LogP contribution in [0, 0.1) is 12.3 Å². The van der Waals surface area contributed by atoms with E-state index in [0.717, 1.165) is 0 Å². The summed E-state index contributed by atoms with van der Waals surface area (Å²) in [5.74, 6) is 2.36. The van der Waals surface area contributed by atoms with E-state index in [1.54, 1.807) is 6.08 Å². The van der Waals surface area contributed by atoms with Crippen molar-refractivity contribution in [1.29, 1.82) is 0 Å². The van der Waals surface area contributed by atoms with Gasteiger partial charge >= 0.3 is 0 Å². The quantitative estimate of drug-likeness (QED) is 0.591. The van der Waals surface area contributed by atoms with E-state index in [0.29, 0.717) is 13.0 Å². The van der Waals surface area contributed by atoms with Gasteiger partial charge in [0.15, 0.2) is 8.32 Å². The van der Waals surface area contributed by atoms with Crippen molar-refractivity contribution in [2.45, 2.75) is 51.4 Å². The third-order valence-corrected chi connectivity index (χ3v) is 7.64. The van der Waals surface area contributed by atoms with Crippen LogP contribution in [0.15, 0.2) is 12.2 Å². The van der Waals surface area contributed by atoms with Gasteiger partial charge in [-0.2, -0.15) is 0 Å². The molecular weight excluding hydrogens is 216 g/mol. The van der Waals surface area contributed by atoms with Crippen LogP contribution in [0.4, 0.5) is 0 Å². The van der Waals surface area contributed by atoms with Gasteiger partial charge in [0.25, 0.3) is 0 Å². The van der Waals surface area contributed by atoms with Gasteiger partial charge in [-0.15, -0.1) is 6.42 Å². The van der Waals surface area contributed by atoms with Gasteiger partial charge in [0, 0.05) is 6.61 Å². The van der Waals surface area contributed by atoms with Crippen molar-refractivity contribution in [1.82, 2.24) is 0 Å². The van der Waals surface area contributed by atoms with Crippen molar-refractivity contribution in [2.75, 3.05) is 6.61 Å². The number of hydrogen-bond donors (Lipinski definition) is 1. The van der Waals surface area contributed by atoms with Crippen LogP contribution in [0.5, 0.6) is 0 Å². The maximum Gasteiger partial charge on any atom is 0.191 e. The Kier molecular flexibility index (Phi) is 6.02. The van der Waals surface area contributed by atoms with E-state index in [1.807, 2.05) is 0 Å². The number of hydrogen-bond acceptors (Lipinski definition) is 2. The average Bonchev–Trinajstić information content (AvgIpc) is 2.12. The van der Waals surface area contributed by atoms with Gasteiger partial charge in [-0.05, 0) is 36.7 Å². The van der Waals surface area contributed by atoms with E-state index in [-0.39, 0.29) is 5.04 Å². The van der Waals surface area contributed by atoms with Crippen molar-refractivity contribution >= 4 is 8.32 Å². The van der Waals surface area contributed by atoms with Crippen molar-refractivity contribution < 1.29 is 9.53 Å². The first-order chi connectivity index (χ1) is 7.20. The number of aliphatic hydroxyl groups is 1. The maximum atomic E-state index is 9.53. The lowest BCUT2D eigenvalue weighted by Crippen LogP contribution is -2.41. The summed E-state index contributed by atoms with van der Waals surface area (Å²) in [7, 11) is -1.68. The second kappa shape index (κ2) is 6.24. The van der Waals surface area contributed by atoms with Gasteiger partial charge in [-0.3, -0.25) is 0 Å². The van der Waals surface area contributed by atoms with Crippen molar-refractivity contribution in [3.8, 4) is 12.3 Å². The predicted molar refractivity (Wildman–Crippen MR) is 71.7 cm³/mol. The normalized spacial score (nSPS) is 15.1. The smallest absolute Gasteiger partial charge is 0.191 e. The lowest BCUT2D eigenvalue weighted by molar-refractivity contribution is 0.172. The van der Waals surface area contributed by atoms with E-state index >= 15 is 0 Å². The molecule has 1 atom stereocenters. The Bertz CT molecular complexity index is 269. The molecule has 0 aromatic heterocycles. The van der Waals surface area contributed by atoms with Gasteiger partial charge in [0.05, 0.1) is 6.10 Å². The predicted octanol–water partition coefficient (Wildman–Crippen LogP) is 2.95. The minimum atomic E-state index is -1.68. The first-order valence-electron chi connectivity index (χ1n) is 5.65. The SMILES string of the molecule is C#C/C=C\[C@@H](O)CCO[Si](C)(C)C(C)(C)C. The van der Waals surface area contributed by atoms with E-state index in [9.17, 15) is 5.11 Å². The van der Waals surface area contributed by atoms with Crippen LogP contribution in [-0.4, -0.2) is 26.1 Å². The Labute approximate surface area is 101 Å². The average molecular weight is 240 g/mol. The molecule has 0 bridgehead atoms. The Balaban J connectivity index is 4.00. The molecule has 0 heterocycles. The fourth-order valence-corrected chi connectivity index (χ4v) is 1.98. The summed E-state index contributed by atoms with van der Waals surface area (Å²) in [5, 5.41) is 9.75. The zero-order valence-corrected chi connectivity index (χ0v) is 12.1. The Morgan fingerprint density at radius 3 is 2.44 bits per heavy atom. The molecule has 0 radical (unpaired) electrons. The lowest BCUT2D eigenvalue weighted by Gasteiger charge is -2.36. The fraction of sp³-hybridized carbons (Fsp3) is 0.692. The highest BCUT2D eigenvalue weighted by molar-refractivity contribution is 6.74. The van der Waals surface area contributed by atoms with Crippen LogP contribution >= 0.6 is 0 Å². The molecule has 0 unspecified atom stereocenters. The van der Waals surface area contributed by atoms with E-state index in [2.05, 4.69) is 39.8 Å². The zero-order valence-electron chi connectivity index (χ0n) is 11.1. The van der Waals surface area contributed by atoms with Crippen LogP contribution in [-0.2, 0) is 4.43 Å². The largest absolute Gasteiger partial charge is 0.417 e. The maximum absolute atomic E-state index is 9.53. The molecule has 92 valence electrons. The summed E-state index contributed by atoms with van der Waals surface area (Å²) in [6.07, 6.45) is 8.31. The first-order valence-corrected chi connectivity index (χ1v) is 8.56. The van der Waals surface area contributed by atoms with Gasteiger partial charge in [-0.25, -0.2) is 0 Å². The Morgan fingerprint density at radius 1 is 1.44 bits per heavy atom. The second-order valence-corrected chi connectivity index (χ2v) is 10.3. The summed E-state index contributed by atoms with van der Waals surface area (Å²) in [4.78, 5) is 0. The molecule has 2 nitrogen and oxygen atoms in total. The van der Waals surface area contributed by atoms with Gasteiger partial charge in [-0.1, -0.05) is 26.7 Å². The van der Waals surface area contributed by atoms with Crippen molar-refractivity contribution in [3.63, 3.8) is 0 Å². The molecule has 0 saturated heterocycles. The molecule has 0 amide bonds. The van der Waals surface area contributed by atoms with E-state index < -0.39 is 14.4 Å². The molecule has 0 aliphatic carbocycles. The summed E-state index contributed by atoms with van der Waals surface area (Å²) < 4.78 is 5.94. The lowest BCUT2D eigenvalue weighted by atomic mass is 10.2. The monoisotopic (exact) mass is 240 g/mol. The topological polar surface area (TPSA) is 29.5 Å².